The van der Waals surface area contributed by atoms with E-state index in [1.54, 1.807) is 0 Å². The van der Waals surface area contributed by atoms with Crippen molar-refractivity contribution in [2.24, 2.45) is 0 Å². The number of H-pyrrole nitrogens is 1. The van der Waals surface area contributed by atoms with E-state index in [4.69, 9.17) is 24.7 Å². The van der Waals surface area contributed by atoms with Crippen molar-refractivity contribution in [2.45, 2.75) is 26.2 Å². The third-order valence-corrected chi connectivity index (χ3v) is 6.33. The van der Waals surface area contributed by atoms with Gasteiger partial charge in [-0.2, -0.15) is 15.0 Å². The van der Waals surface area contributed by atoms with Crippen LogP contribution in [-0.2, 0) is 11.2 Å². The molecule has 0 bridgehead atoms. The lowest BCUT2D eigenvalue weighted by atomic mass is 10.1. The summed E-state index contributed by atoms with van der Waals surface area (Å²) in [5.41, 5.74) is 4.01. The summed E-state index contributed by atoms with van der Waals surface area (Å²) in [6.07, 6.45) is 4.97. The van der Waals surface area contributed by atoms with E-state index in [0.717, 1.165) is 65.7 Å². The lowest BCUT2D eigenvalue weighted by Crippen LogP contribution is -2.37. The van der Waals surface area contributed by atoms with Gasteiger partial charge in [-0.25, -0.2) is 4.98 Å². The molecule has 0 amide bonds. The van der Waals surface area contributed by atoms with E-state index >= 15 is 0 Å². The van der Waals surface area contributed by atoms with Crippen LogP contribution in [0, 0.1) is 0 Å². The third kappa shape index (κ3) is 3.70. The average molecular weight is 454 g/mol. The Labute approximate surface area is 197 Å². The second-order valence-corrected chi connectivity index (χ2v) is 8.56. The molecule has 1 aliphatic rings. The van der Waals surface area contributed by atoms with Crippen LogP contribution in [0.25, 0.3) is 39.3 Å². The monoisotopic (exact) mass is 453 g/mol. The van der Waals surface area contributed by atoms with Gasteiger partial charge in [-0.05, 0) is 30.7 Å². The molecule has 4 heterocycles. The number of para-hydroxylation sites is 2. The zero-order valence-electron chi connectivity index (χ0n) is 19.2. The Morgan fingerprint density at radius 2 is 1.76 bits per heavy atom. The van der Waals surface area contributed by atoms with Gasteiger partial charge in [0.05, 0.1) is 24.2 Å². The number of imidazole rings is 1. The minimum atomic E-state index is 0.610. The van der Waals surface area contributed by atoms with Crippen LogP contribution in [0.15, 0.2) is 54.7 Å². The predicted molar refractivity (Wildman–Crippen MR) is 133 cm³/mol. The maximum Gasteiger partial charge on any atom is 0.241 e. The highest BCUT2D eigenvalue weighted by atomic mass is 16.5. The van der Waals surface area contributed by atoms with Gasteiger partial charge in [0, 0.05) is 42.2 Å². The second-order valence-electron chi connectivity index (χ2n) is 8.56. The number of anilines is 1. The molecule has 8 heteroatoms. The molecule has 0 aliphatic carbocycles. The van der Waals surface area contributed by atoms with Crippen LogP contribution < -0.4 is 4.90 Å². The lowest BCUT2D eigenvalue weighted by molar-refractivity contribution is 0.122. The smallest absolute Gasteiger partial charge is 0.241 e. The summed E-state index contributed by atoms with van der Waals surface area (Å²) in [4.78, 5) is 25.3. The van der Waals surface area contributed by atoms with Crippen LogP contribution in [0.4, 0.5) is 5.95 Å². The SMILES string of the molecule is CCCCc1nc2ccccc2n1-c1nc(-c2cccc3[nH]ccc23)nc(N2CCOCC2)n1. The molecule has 1 fully saturated rings. The standard InChI is InChI=1S/C26H27N7O/c1-2-3-11-23-28-21-8-4-5-10-22(21)33(23)26-30-24(19-7-6-9-20-18(19)12-13-27-20)29-25(31-26)32-14-16-34-17-15-32/h4-10,12-13,27H,2-3,11,14-17H2,1H3. The van der Waals surface area contributed by atoms with Crippen molar-refractivity contribution in [1.82, 2.24) is 29.5 Å². The minimum absolute atomic E-state index is 0.610. The largest absolute Gasteiger partial charge is 0.378 e. The highest BCUT2D eigenvalue weighted by molar-refractivity contribution is 5.93. The van der Waals surface area contributed by atoms with Gasteiger partial charge in [0.2, 0.25) is 11.9 Å². The molecule has 8 nitrogen and oxygen atoms in total. The molecule has 34 heavy (non-hydrogen) atoms. The van der Waals surface area contributed by atoms with Gasteiger partial charge < -0.3 is 14.6 Å². The summed E-state index contributed by atoms with van der Waals surface area (Å²) in [6, 6.07) is 16.4. The maximum absolute atomic E-state index is 5.57. The predicted octanol–water partition coefficient (Wildman–Crippen LogP) is 4.54. The number of benzene rings is 2. The molecule has 5 aromatic rings. The van der Waals surface area contributed by atoms with Gasteiger partial charge >= 0.3 is 0 Å². The lowest BCUT2D eigenvalue weighted by Gasteiger charge is -2.27. The summed E-state index contributed by atoms with van der Waals surface area (Å²) in [7, 11) is 0. The van der Waals surface area contributed by atoms with Crippen LogP contribution in [0.5, 0.6) is 0 Å². The van der Waals surface area contributed by atoms with Crippen molar-refractivity contribution >= 4 is 27.9 Å². The van der Waals surface area contributed by atoms with E-state index in [1.165, 1.54) is 0 Å². The van der Waals surface area contributed by atoms with Crippen LogP contribution >= 0.6 is 0 Å². The number of unbranched alkanes of at least 4 members (excludes halogenated alkanes) is 1. The van der Waals surface area contributed by atoms with Gasteiger partial charge in [-0.15, -0.1) is 0 Å². The van der Waals surface area contributed by atoms with Crippen LogP contribution in [0.2, 0.25) is 0 Å². The Kier molecular flexibility index (Phi) is 5.43. The van der Waals surface area contributed by atoms with Crippen molar-refractivity contribution in [3.8, 4) is 17.3 Å². The summed E-state index contributed by atoms with van der Waals surface area (Å²) in [5.74, 6) is 2.93. The number of nitrogens with zero attached hydrogens (tertiary/aromatic N) is 6. The minimum Gasteiger partial charge on any atom is -0.378 e. The quantitative estimate of drug-likeness (QED) is 0.406. The molecule has 3 aromatic heterocycles. The molecule has 0 radical (unpaired) electrons. The number of hydrogen-bond acceptors (Lipinski definition) is 6. The third-order valence-electron chi connectivity index (χ3n) is 6.33. The zero-order chi connectivity index (χ0) is 22.9. The number of rotatable bonds is 6. The number of morpholine rings is 1. The molecule has 1 aliphatic heterocycles. The Bertz CT molecular complexity index is 1450. The summed E-state index contributed by atoms with van der Waals surface area (Å²) < 4.78 is 7.68. The average Bonchev–Trinajstić information content (AvgIpc) is 3.52. The van der Waals surface area contributed by atoms with Crippen molar-refractivity contribution in [2.75, 3.05) is 31.2 Å². The molecule has 0 unspecified atom stereocenters. The first-order valence-electron chi connectivity index (χ1n) is 11.9. The number of nitrogens with one attached hydrogen (secondary N) is 1. The first-order valence-corrected chi connectivity index (χ1v) is 11.9. The number of hydrogen-bond donors (Lipinski definition) is 1. The van der Waals surface area contributed by atoms with E-state index in [2.05, 4.69) is 45.6 Å². The van der Waals surface area contributed by atoms with E-state index < -0.39 is 0 Å². The van der Waals surface area contributed by atoms with E-state index in [1.807, 2.05) is 30.5 Å². The van der Waals surface area contributed by atoms with Crippen molar-refractivity contribution in [3.63, 3.8) is 0 Å². The Hall–Kier alpha value is -3.78. The normalized spacial score (nSPS) is 14.3. The highest BCUT2D eigenvalue weighted by Crippen LogP contribution is 2.29. The van der Waals surface area contributed by atoms with Gasteiger partial charge in [0.15, 0.2) is 5.82 Å². The maximum atomic E-state index is 5.57. The number of aromatic nitrogens is 6. The molecular formula is C26H27N7O. The zero-order valence-corrected chi connectivity index (χ0v) is 19.2. The van der Waals surface area contributed by atoms with Crippen molar-refractivity contribution in [3.05, 3.63) is 60.6 Å². The second kappa shape index (κ2) is 8.87. The molecule has 2 aromatic carbocycles. The Balaban J connectivity index is 1.58. The first kappa shape index (κ1) is 20.8. The number of aromatic amines is 1. The van der Waals surface area contributed by atoms with E-state index in [9.17, 15) is 0 Å². The first-order chi connectivity index (χ1) is 16.8. The van der Waals surface area contributed by atoms with E-state index in [-0.39, 0.29) is 0 Å². The molecule has 6 rings (SSSR count). The van der Waals surface area contributed by atoms with Crippen molar-refractivity contribution < 1.29 is 4.74 Å². The molecule has 0 atom stereocenters. The fourth-order valence-electron chi connectivity index (χ4n) is 4.56. The molecule has 0 spiro atoms. The fourth-order valence-corrected chi connectivity index (χ4v) is 4.56. The summed E-state index contributed by atoms with van der Waals surface area (Å²) >= 11 is 0. The van der Waals surface area contributed by atoms with Gasteiger partial charge in [0.25, 0.3) is 0 Å². The molecule has 0 saturated carbocycles. The topological polar surface area (TPSA) is 84.8 Å². The van der Waals surface area contributed by atoms with Crippen molar-refractivity contribution in [1.29, 1.82) is 0 Å². The van der Waals surface area contributed by atoms with Crippen LogP contribution in [0.1, 0.15) is 25.6 Å². The van der Waals surface area contributed by atoms with E-state index in [0.29, 0.717) is 30.9 Å². The molecule has 172 valence electrons. The van der Waals surface area contributed by atoms with Crippen LogP contribution in [0.3, 0.4) is 0 Å². The number of fused-ring (bicyclic) bond motifs is 2. The van der Waals surface area contributed by atoms with Gasteiger partial charge in [-0.1, -0.05) is 37.6 Å². The number of aryl methyl sites for hydroxylation is 1. The summed E-state index contributed by atoms with van der Waals surface area (Å²) in [5, 5.41) is 1.09. The fraction of sp³-hybridized carbons (Fsp3) is 0.308. The highest BCUT2D eigenvalue weighted by Gasteiger charge is 2.21. The van der Waals surface area contributed by atoms with Crippen LogP contribution in [-0.4, -0.2) is 55.8 Å². The van der Waals surface area contributed by atoms with Gasteiger partial charge in [-0.3, -0.25) is 4.57 Å². The van der Waals surface area contributed by atoms with Gasteiger partial charge in [0.1, 0.15) is 5.82 Å². The summed E-state index contributed by atoms with van der Waals surface area (Å²) in [6.45, 7) is 5.04. The molecule has 1 saturated heterocycles. The molecular weight excluding hydrogens is 426 g/mol. The molecule has 1 N–H and O–H groups in total. The Morgan fingerprint density at radius 3 is 2.65 bits per heavy atom. The number of ether oxygens (including phenoxy) is 1. The Morgan fingerprint density at radius 1 is 0.912 bits per heavy atom.